The smallest absolute Gasteiger partial charge is 0.120 e. The zero-order valence-corrected chi connectivity index (χ0v) is 17.3. The van der Waals surface area contributed by atoms with Crippen LogP contribution in [0.5, 0.6) is 5.75 Å². The molecule has 1 fully saturated rings. The highest BCUT2D eigenvalue weighted by Gasteiger charge is 2.23. The lowest BCUT2D eigenvalue weighted by Crippen LogP contribution is -2.33. The van der Waals surface area contributed by atoms with Gasteiger partial charge in [0.1, 0.15) is 12.4 Å². The summed E-state index contributed by atoms with van der Waals surface area (Å²) in [6, 6.07) is 27.2. The van der Waals surface area contributed by atoms with E-state index in [-0.39, 0.29) is 6.04 Å². The van der Waals surface area contributed by atoms with Crippen LogP contribution in [-0.4, -0.2) is 31.1 Å². The molecule has 1 aliphatic rings. The Morgan fingerprint density at radius 3 is 2.48 bits per heavy atom. The Labute approximate surface area is 178 Å². The Morgan fingerprint density at radius 2 is 1.66 bits per heavy atom. The number of halogens is 1. The average Bonchev–Trinajstić information content (AvgIpc) is 3.03. The molecule has 0 saturated carbocycles. The van der Waals surface area contributed by atoms with Crippen molar-refractivity contribution >= 4 is 11.6 Å². The van der Waals surface area contributed by atoms with E-state index in [2.05, 4.69) is 52.7 Å². The van der Waals surface area contributed by atoms with Gasteiger partial charge in [0.25, 0.3) is 0 Å². The second-order valence-electron chi connectivity index (χ2n) is 7.44. The Bertz CT molecular complexity index is 907. The van der Waals surface area contributed by atoms with Gasteiger partial charge in [-0.3, -0.25) is 4.90 Å². The number of nitrogens with zero attached hydrogens (tertiary/aromatic N) is 1. The molecular formula is C25H27ClN2O. The standard InChI is InChI=1S/C25H27ClN2O/c26-23-11-4-9-21(17-23)25(28-15-6-13-27-14-16-28)22-10-5-12-24(18-22)29-19-20-7-2-1-3-8-20/h1-5,7-12,17-18,25,27H,6,13-16,19H2. The first-order valence-electron chi connectivity index (χ1n) is 10.3. The number of hydrogen-bond acceptors (Lipinski definition) is 3. The van der Waals surface area contributed by atoms with E-state index in [4.69, 9.17) is 16.3 Å². The quantitative estimate of drug-likeness (QED) is 0.600. The molecule has 0 aliphatic carbocycles. The molecule has 0 radical (unpaired) electrons. The Kier molecular flexibility index (Phi) is 6.83. The van der Waals surface area contributed by atoms with E-state index < -0.39 is 0 Å². The third kappa shape index (κ3) is 5.39. The van der Waals surface area contributed by atoms with Crippen LogP contribution in [-0.2, 0) is 6.61 Å². The van der Waals surface area contributed by atoms with E-state index in [0.29, 0.717) is 6.61 Å². The van der Waals surface area contributed by atoms with E-state index >= 15 is 0 Å². The maximum absolute atomic E-state index is 6.34. The van der Waals surface area contributed by atoms with Gasteiger partial charge in [-0.15, -0.1) is 0 Å². The summed E-state index contributed by atoms with van der Waals surface area (Å²) in [5, 5.41) is 4.28. The summed E-state index contributed by atoms with van der Waals surface area (Å²) >= 11 is 6.34. The number of benzene rings is 3. The Hall–Kier alpha value is -2.33. The fraction of sp³-hybridized carbons (Fsp3) is 0.280. The normalized spacial score (nSPS) is 16.2. The summed E-state index contributed by atoms with van der Waals surface area (Å²) in [5.41, 5.74) is 3.63. The second-order valence-corrected chi connectivity index (χ2v) is 7.88. The molecule has 29 heavy (non-hydrogen) atoms. The van der Waals surface area contributed by atoms with Crippen molar-refractivity contribution in [2.75, 3.05) is 26.2 Å². The third-order valence-electron chi connectivity index (χ3n) is 5.33. The van der Waals surface area contributed by atoms with Crippen LogP contribution in [0, 0.1) is 0 Å². The van der Waals surface area contributed by atoms with E-state index in [1.807, 2.05) is 36.4 Å². The molecule has 0 amide bonds. The van der Waals surface area contributed by atoms with Crippen molar-refractivity contribution in [1.29, 1.82) is 0 Å². The monoisotopic (exact) mass is 406 g/mol. The van der Waals surface area contributed by atoms with Gasteiger partial charge in [0.05, 0.1) is 6.04 Å². The van der Waals surface area contributed by atoms with Crippen molar-refractivity contribution in [3.8, 4) is 5.75 Å². The third-order valence-corrected chi connectivity index (χ3v) is 5.56. The van der Waals surface area contributed by atoms with Crippen LogP contribution in [0.3, 0.4) is 0 Å². The fourth-order valence-electron chi connectivity index (χ4n) is 3.93. The second kappa shape index (κ2) is 9.93. The van der Waals surface area contributed by atoms with Crippen LogP contribution >= 0.6 is 11.6 Å². The van der Waals surface area contributed by atoms with E-state index in [1.54, 1.807) is 0 Å². The van der Waals surface area contributed by atoms with Gasteiger partial charge in [-0.2, -0.15) is 0 Å². The number of hydrogen-bond donors (Lipinski definition) is 1. The lowest BCUT2D eigenvalue weighted by Gasteiger charge is -2.31. The van der Waals surface area contributed by atoms with Gasteiger partial charge in [-0.1, -0.05) is 66.2 Å². The molecule has 3 aromatic carbocycles. The van der Waals surface area contributed by atoms with E-state index in [9.17, 15) is 0 Å². The first-order chi connectivity index (χ1) is 14.3. The Balaban J connectivity index is 1.61. The number of rotatable bonds is 6. The van der Waals surface area contributed by atoms with Gasteiger partial charge in [0.15, 0.2) is 0 Å². The molecule has 4 heteroatoms. The van der Waals surface area contributed by atoms with Crippen molar-refractivity contribution in [2.24, 2.45) is 0 Å². The SMILES string of the molecule is Clc1cccc(C(c2cccc(OCc3ccccc3)c2)N2CCCNCC2)c1. The van der Waals surface area contributed by atoms with Crippen molar-refractivity contribution < 1.29 is 4.74 Å². The Morgan fingerprint density at radius 1 is 0.862 bits per heavy atom. The summed E-state index contributed by atoms with van der Waals surface area (Å²) in [6.45, 7) is 4.70. The molecule has 1 N–H and O–H groups in total. The molecule has 1 atom stereocenters. The average molecular weight is 407 g/mol. The highest BCUT2D eigenvalue weighted by molar-refractivity contribution is 6.30. The summed E-state index contributed by atoms with van der Waals surface area (Å²) in [5.74, 6) is 0.895. The van der Waals surface area contributed by atoms with Gasteiger partial charge in [0.2, 0.25) is 0 Å². The highest BCUT2D eigenvalue weighted by atomic mass is 35.5. The molecule has 4 rings (SSSR count). The molecule has 1 unspecified atom stereocenters. The molecule has 1 saturated heterocycles. The van der Waals surface area contributed by atoms with Crippen LogP contribution in [0.2, 0.25) is 5.02 Å². The summed E-state index contributed by atoms with van der Waals surface area (Å²) in [4.78, 5) is 2.54. The van der Waals surface area contributed by atoms with E-state index in [0.717, 1.165) is 43.4 Å². The van der Waals surface area contributed by atoms with Crippen LogP contribution in [0.15, 0.2) is 78.9 Å². The molecule has 1 heterocycles. The zero-order chi connectivity index (χ0) is 19.9. The molecule has 150 valence electrons. The highest BCUT2D eigenvalue weighted by Crippen LogP contribution is 2.32. The van der Waals surface area contributed by atoms with Gasteiger partial charge in [-0.05, 0) is 53.9 Å². The lowest BCUT2D eigenvalue weighted by molar-refractivity contribution is 0.240. The van der Waals surface area contributed by atoms with Crippen LogP contribution in [0.25, 0.3) is 0 Å². The lowest BCUT2D eigenvalue weighted by atomic mass is 9.96. The van der Waals surface area contributed by atoms with Crippen molar-refractivity contribution in [2.45, 2.75) is 19.1 Å². The minimum Gasteiger partial charge on any atom is -0.489 e. The number of nitrogens with one attached hydrogen (secondary N) is 1. The fourth-order valence-corrected chi connectivity index (χ4v) is 4.13. The first-order valence-corrected chi connectivity index (χ1v) is 10.6. The van der Waals surface area contributed by atoms with Gasteiger partial charge < -0.3 is 10.1 Å². The minimum absolute atomic E-state index is 0.161. The maximum atomic E-state index is 6.34. The predicted octanol–water partition coefficient (Wildman–Crippen LogP) is 5.30. The molecule has 0 aromatic heterocycles. The van der Waals surface area contributed by atoms with Crippen LogP contribution in [0.4, 0.5) is 0 Å². The van der Waals surface area contributed by atoms with Gasteiger partial charge >= 0.3 is 0 Å². The summed E-state index contributed by atoms with van der Waals surface area (Å²) in [6.07, 6.45) is 1.14. The van der Waals surface area contributed by atoms with Crippen molar-refractivity contribution in [3.05, 3.63) is 101 Å². The molecule has 1 aliphatic heterocycles. The number of ether oxygens (including phenoxy) is 1. The molecular weight excluding hydrogens is 380 g/mol. The molecule has 0 spiro atoms. The first kappa shape index (κ1) is 20.0. The van der Waals surface area contributed by atoms with Gasteiger partial charge in [-0.25, -0.2) is 0 Å². The molecule has 3 nitrogen and oxygen atoms in total. The van der Waals surface area contributed by atoms with Crippen LogP contribution in [0.1, 0.15) is 29.2 Å². The largest absolute Gasteiger partial charge is 0.489 e. The predicted molar refractivity (Wildman–Crippen MR) is 120 cm³/mol. The van der Waals surface area contributed by atoms with Gasteiger partial charge in [0, 0.05) is 24.7 Å². The molecule has 3 aromatic rings. The van der Waals surface area contributed by atoms with Crippen LogP contribution < -0.4 is 10.1 Å². The maximum Gasteiger partial charge on any atom is 0.120 e. The zero-order valence-electron chi connectivity index (χ0n) is 16.6. The van der Waals surface area contributed by atoms with Crippen molar-refractivity contribution in [1.82, 2.24) is 10.2 Å². The topological polar surface area (TPSA) is 24.5 Å². The summed E-state index contributed by atoms with van der Waals surface area (Å²) in [7, 11) is 0. The molecule has 0 bridgehead atoms. The van der Waals surface area contributed by atoms with E-state index in [1.165, 1.54) is 16.7 Å². The van der Waals surface area contributed by atoms with Crippen molar-refractivity contribution in [3.63, 3.8) is 0 Å². The minimum atomic E-state index is 0.161. The summed E-state index contributed by atoms with van der Waals surface area (Å²) < 4.78 is 6.10.